The number of rotatable bonds is 8. The molecule has 0 aliphatic carbocycles. The Hall–Kier alpha value is -1.30. The van der Waals surface area contributed by atoms with E-state index in [4.69, 9.17) is 9.47 Å². The number of aryl methyl sites for hydroxylation is 2. The number of alkyl halides is 2. The molecule has 0 aromatic heterocycles. The summed E-state index contributed by atoms with van der Waals surface area (Å²) >= 11 is 0. The van der Waals surface area contributed by atoms with Gasteiger partial charge in [0.25, 0.3) is 0 Å². The fraction of sp³-hybridized carbons (Fsp3) is 0.769. The molecule has 1 fully saturated rings. The van der Waals surface area contributed by atoms with Crippen LogP contribution >= 0.6 is 0 Å². The molecule has 1 saturated heterocycles. The van der Waals surface area contributed by atoms with Gasteiger partial charge in [-0.1, -0.05) is 41.0 Å². The first-order chi connectivity index (χ1) is 15.1. The van der Waals surface area contributed by atoms with Crippen LogP contribution in [0.25, 0.3) is 0 Å². The smallest absolute Gasteiger partial charge is 0.201 e. The van der Waals surface area contributed by atoms with Crippen molar-refractivity contribution < 1.29 is 27.0 Å². The van der Waals surface area contributed by atoms with E-state index in [9.17, 15) is 13.2 Å². The van der Waals surface area contributed by atoms with Crippen molar-refractivity contribution in [2.45, 2.75) is 104 Å². The molecule has 0 saturated carbocycles. The maximum absolute atomic E-state index is 15.6. The van der Waals surface area contributed by atoms with E-state index in [1.807, 2.05) is 34.6 Å². The highest BCUT2D eigenvalue weighted by molar-refractivity contribution is 5.41. The summed E-state index contributed by atoms with van der Waals surface area (Å²) in [7, 11) is 0. The second kappa shape index (κ2) is 10.3. The summed E-state index contributed by atoms with van der Waals surface area (Å²) in [5.41, 5.74) is 0.966. The highest BCUT2D eigenvalue weighted by atomic mass is 19.2. The third kappa shape index (κ3) is 4.95. The quantitative estimate of drug-likeness (QED) is 0.385. The summed E-state index contributed by atoms with van der Waals surface area (Å²) in [5, 5.41) is 0. The van der Waals surface area contributed by atoms with E-state index in [-0.39, 0.29) is 41.1 Å². The fourth-order valence-corrected chi connectivity index (χ4v) is 5.26. The third-order valence-corrected chi connectivity index (χ3v) is 7.72. The van der Waals surface area contributed by atoms with E-state index in [1.165, 1.54) is 0 Å². The van der Waals surface area contributed by atoms with Crippen LogP contribution < -0.4 is 4.74 Å². The third-order valence-electron chi connectivity index (χ3n) is 7.72. The average molecular weight is 459 g/mol. The number of benzene rings is 1. The summed E-state index contributed by atoms with van der Waals surface area (Å²) in [6.45, 7) is 11.0. The molecular formula is C26H38F4O2. The van der Waals surface area contributed by atoms with Gasteiger partial charge in [0.15, 0.2) is 11.6 Å². The lowest BCUT2D eigenvalue weighted by atomic mass is 9.81. The van der Waals surface area contributed by atoms with Crippen LogP contribution in [-0.4, -0.2) is 30.7 Å². The molecule has 8 atom stereocenters. The molecule has 2 aliphatic rings. The highest BCUT2D eigenvalue weighted by Gasteiger charge is 2.48. The zero-order valence-corrected chi connectivity index (χ0v) is 20.1. The monoisotopic (exact) mass is 458 g/mol. The van der Waals surface area contributed by atoms with Gasteiger partial charge in [0.05, 0.1) is 18.3 Å². The second-order valence-electron chi connectivity index (χ2n) is 10.3. The zero-order chi connectivity index (χ0) is 23.7. The summed E-state index contributed by atoms with van der Waals surface area (Å²) in [5.74, 6) is -2.35. The van der Waals surface area contributed by atoms with Crippen molar-refractivity contribution >= 4 is 0 Å². The summed E-state index contributed by atoms with van der Waals surface area (Å²) < 4.78 is 70.3. The summed E-state index contributed by atoms with van der Waals surface area (Å²) in [4.78, 5) is 0. The Labute approximate surface area is 190 Å². The molecular weight excluding hydrogens is 420 g/mol. The molecule has 2 nitrogen and oxygen atoms in total. The summed E-state index contributed by atoms with van der Waals surface area (Å²) in [6.07, 6.45) is -0.736. The Bertz CT molecular complexity index is 784. The first kappa shape index (κ1) is 25.3. The van der Waals surface area contributed by atoms with Gasteiger partial charge in [0, 0.05) is 0 Å². The Balaban J connectivity index is 1.62. The molecule has 0 spiro atoms. The number of fused-ring (bicyclic) bond motifs is 1. The number of halogens is 4. The molecule has 0 N–H and O–H groups in total. The molecule has 1 aromatic carbocycles. The minimum atomic E-state index is -1.20. The van der Waals surface area contributed by atoms with Gasteiger partial charge in [0.1, 0.15) is 12.3 Å². The first-order valence-electron chi connectivity index (χ1n) is 12.1. The number of hydrogen-bond acceptors (Lipinski definition) is 2. The van der Waals surface area contributed by atoms with Gasteiger partial charge >= 0.3 is 0 Å². The van der Waals surface area contributed by atoms with Crippen molar-refractivity contribution in [2.24, 2.45) is 23.7 Å². The van der Waals surface area contributed by atoms with Crippen molar-refractivity contribution in [2.75, 3.05) is 0 Å². The molecule has 32 heavy (non-hydrogen) atoms. The number of hydrogen-bond donors (Lipinski definition) is 0. The standard InChI is InChI=1S/C26H38F4O2/c1-7-17(22(29)25-16(6)15(5)24(32-25)20(27)13(2)3)8-10-19-11-9-18-12-14(4)21(28)23(30)26(18)31-19/h12-13,15-17,19-20,22,24-25H,7-11H2,1-6H3. The van der Waals surface area contributed by atoms with Crippen LogP contribution in [-0.2, 0) is 11.2 Å². The van der Waals surface area contributed by atoms with E-state index < -0.39 is 36.2 Å². The van der Waals surface area contributed by atoms with E-state index in [1.54, 1.807) is 13.0 Å². The van der Waals surface area contributed by atoms with Gasteiger partial charge in [-0.2, -0.15) is 4.39 Å². The Kier molecular flexibility index (Phi) is 8.16. The topological polar surface area (TPSA) is 18.5 Å². The van der Waals surface area contributed by atoms with Crippen molar-refractivity contribution in [1.82, 2.24) is 0 Å². The largest absolute Gasteiger partial charge is 0.487 e. The van der Waals surface area contributed by atoms with Crippen molar-refractivity contribution in [3.63, 3.8) is 0 Å². The Morgan fingerprint density at radius 3 is 2.25 bits per heavy atom. The molecule has 0 amide bonds. The van der Waals surface area contributed by atoms with Crippen LogP contribution in [0.1, 0.15) is 71.4 Å². The Morgan fingerprint density at radius 1 is 1.03 bits per heavy atom. The first-order valence-corrected chi connectivity index (χ1v) is 12.1. The summed E-state index contributed by atoms with van der Waals surface area (Å²) in [6, 6.07) is 1.64. The lowest BCUT2D eigenvalue weighted by Gasteiger charge is -2.31. The minimum Gasteiger partial charge on any atom is -0.487 e. The molecule has 2 aliphatic heterocycles. The van der Waals surface area contributed by atoms with E-state index >= 15 is 4.39 Å². The van der Waals surface area contributed by atoms with Gasteiger partial charge in [0.2, 0.25) is 5.82 Å². The van der Waals surface area contributed by atoms with Crippen molar-refractivity contribution in [3.05, 3.63) is 28.8 Å². The predicted molar refractivity (Wildman–Crippen MR) is 118 cm³/mol. The Morgan fingerprint density at radius 2 is 1.66 bits per heavy atom. The van der Waals surface area contributed by atoms with Gasteiger partial charge in [-0.05, 0) is 73.5 Å². The van der Waals surface area contributed by atoms with Crippen molar-refractivity contribution in [1.29, 1.82) is 0 Å². The lowest BCUT2D eigenvalue weighted by molar-refractivity contribution is -0.0688. The van der Waals surface area contributed by atoms with Crippen LogP contribution in [0.4, 0.5) is 17.6 Å². The molecule has 0 radical (unpaired) electrons. The fourth-order valence-electron chi connectivity index (χ4n) is 5.26. The predicted octanol–water partition coefficient (Wildman–Crippen LogP) is 7.15. The molecule has 182 valence electrons. The average Bonchev–Trinajstić information content (AvgIpc) is 3.06. The lowest BCUT2D eigenvalue weighted by Crippen LogP contribution is -2.35. The van der Waals surface area contributed by atoms with Gasteiger partial charge in [-0.15, -0.1) is 0 Å². The van der Waals surface area contributed by atoms with Crippen molar-refractivity contribution in [3.8, 4) is 5.75 Å². The van der Waals surface area contributed by atoms with Gasteiger partial charge in [-0.25, -0.2) is 13.2 Å². The molecule has 2 heterocycles. The molecule has 6 heteroatoms. The van der Waals surface area contributed by atoms with Crippen LogP contribution in [0.15, 0.2) is 6.07 Å². The number of ether oxygens (including phenoxy) is 2. The van der Waals surface area contributed by atoms with E-state index in [0.29, 0.717) is 37.7 Å². The van der Waals surface area contributed by atoms with Gasteiger partial charge < -0.3 is 9.47 Å². The molecule has 8 unspecified atom stereocenters. The maximum Gasteiger partial charge on any atom is 0.201 e. The normalized spacial score (nSPS) is 30.7. The van der Waals surface area contributed by atoms with Crippen LogP contribution in [0.5, 0.6) is 5.75 Å². The highest BCUT2D eigenvalue weighted by Crippen LogP contribution is 2.42. The maximum atomic E-state index is 15.6. The minimum absolute atomic E-state index is 0.00119. The molecule has 0 bridgehead atoms. The SMILES string of the molecule is CCC(CCC1CCc2cc(C)c(F)c(F)c2O1)C(F)C1OC(C(F)C(C)C)C(C)C1C. The zero-order valence-electron chi connectivity index (χ0n) is 20.1. The molecule has 3 rings (SSSR count). The molecule has 1 aromatic rings. The van der Waals surface area contributed by atoms with Gasteiger partial charge in [-0.3, -0.25) is 0 Å². The second-order valence-corrected chi connectivity index (χ2v) is 10.3. The van der Waals surface area contributed by atoms with Crippen LogP contribution in [0, 0.1) is 42.2 Å². The van der Waals surface area contributed by atoms with E-state index in [2.05, 4.69) is 0 Å². The van der Waals surface area contributed by atoms with E-state index in [0.717, 1.165) is 0 Å². The van der Waals surface area contributed by atoms with Crippen LogP contribution in [0.2, 0.25) is 0 Å². The van der Waals surface area contributed by atoms with Crippen LogP contribution in [0.3, 0.4) is 0 Å².